The number of aryl methyl sites for hydroxylation is 6. The number of rotatable bonds is 13. The molecule has 0 atom stereocenters. The molecule has 14 aromatic rings. The van der Waals surface area contributed by atoms with E-state index < -0.39 is 0 Å². The van der Waals surface area contributed by atoms with Crippen molar-refractivity contribution in [2.24, 2.45) is 0 Å². The van der Waals surface area contributed by atoms with Crippen LogP contribution in [-0.4, -0.2) is 29.9 Å². The zero-order chi connectivity index (χ0) is 72.2. The van der Waals surface area contributed by atoms with Crippen LogP contribution < -0.4 is 29.4 Å². The van der Waals surface area contributed by atoms with Gasteiger partial charge in [0.05, 0.1) is 34.7 Å². The number of nitrogens with zero attached hydrogens (tertiary/aromatic N) is 12. The van der Waals surface area contributed by atoms with E-state index in [0.29, 0.717) is 11.8 Å². The van der Waals surface area contributed by atoms with Crippen LogP contribution in [0.4, 0.5) is 69.0 Å². The van der Waals surface area contributed by atoms with Crippen LogP contribution in [0.1, 0.15) is 84.0 Å². The molecule has 0 saturated carbocycles. The standard InChI is InChI=1S/C33H28N4.C31H24N4.C29H28N4.3Ir/c1-22-13-11-14-23(2)28(22)30-31(29-24(3)15-12-16-25(29)4)35-33-32(34-30)36(26-17-7-5-8-18-26)21-37(33)27-19-9-6-10-20-27;1-22-13-9-11-19-26(22)28-29(27-20-12-10-14-23(27)2)33-31-30(32-28)34(24-15-5-3-6-16-24)21-35(31)25-17-7-4-8-18-25;1-20(2)24-16-11-17-25(21(3)4)27(24)26-18-30-28-29(31-26)33(23-14-9-6-10-15-23)19-32(28)22-12-7-5-8-13-22;;;/h5-19,21H,1-4H3;3-17,19-21H,1-2H3;5-14,16-21H,1-4H3;;;/q3*-2;;;. The van der Waals surface area contributed by atoms with Crippen LogP contribution in [0.3, 0.4) is 0 Å². The maximum Gasteiger partial charge on any atom is 0.146 e. The second kappa shape index (κ2) is 34.1. The minimum absolute atomic E-state index is 0. The Kier molecular flexibility index (Phi) is 24.3. The molecular formula is C93H80Ir3N12-6. The van der Waals surface area contributed by atoms with E-state index in [2.05, 4.69) is 276 Å². The molecular weight excluding hydrogens is 1860 g/mol. The molecule has 3 radical (unpaired) electrons. The second-order valence-electron chi connectivity index (χ2n) is 27.1. The van der Waals surface area contributed by atoms with Crippen LogP contribution in [0.5, 0.6) is 0 Å². The number of hydrogen-bond acceptors (Lipinski definition) is 12. The quantitative estimate of drug-likeness (QED) is 0.103. The predicted molar refractivity (Wildman–Crippen MR) is 431 cm³/mol. The summed E-state index contributed by atoms with van der Waals surface area (Å²) in [5, 5.41) is 0. The Hall–Kier alpha value is -10.6. The molecule has 0 N–H and O–H groups in total. The van der Waals surface area contributed by atoms with Gasteiger partial charge in [0.2, 0.25) is 0 Å². The van der Waals surface area contributed by atoms with Crippen molar-refractivity contribution in [2.45, 2.75) is 81.1 Å². The van der Waals surface area contributed by atoms with Crippen molar-refractivity contribution >= 4 is 69.0 Å². The maximum atomic E-state index is 5.41. The number of para-hydroxylation sites is 6. The Bertz CT molecular complexity index is 5120. The summed E-state index contributed by atoms with van der Waals surface area (Å²) in [7, 11) is 0. The minimum atomic E-state index is 0. The summed E-state index contributed by atoms with van der Waals surface area (Å²) in [4.78, 5) is 44.1. The SMILES string of the molecule is CC(C)c1cccc(C(C)C)c1-c1cnc2c(n1)N(c1[c-]cccc1)[CH-]N2c1ccccc1.Cc1cccc(C)c1-c1nc2c(nc1-c1c(C)cccc1C)N(c1ccccc1)[CH-]N2c1[c-]cccc1.Cc1ccccc1-c1nc2c(nc1-c1ccccc1C)N(c1ccccc1)[CH-]N2c1[c-]cccc1.[Ir].[Ir].[Ir]. The summed E-state index contributed by atoms with van der Waals surface area (Å²) in [6, 6.07) is 101. The molecule has 3 aromatic heterocycles. The van der Waals surface area contributed by atoms with E-state index in [1.54, 1.807) is 0 Å². The zero-order valence-electron chi connectivity index (χ0n) is 61.7. The third-order valence-electron chi connectivity index (χ3n) is 19.3. The molecule has 17 rings (SSSR count). The van der Waals surface area contributed by atoms with E-state index in [9.17, 15) is 0 Å². The number of fused-ring (bicyclic) bond motifs is 3. The summed E-state index contributed by atoms with van der Waals surface area (Å²) in [5.74, 6) is 5.58. The molecule has 0 saturated heterocycles. The second-order valence-corrected chi connectivity index (χ2v) is 27.1. The fourth-order valence-corrected chi connectivity index (χ4v) is 14.1. The predicted octanol–water partition coefficient (Wildman–Crippen LogP) is 23.5. The van der Waals surface area contributed by atoms with Gasteiger partial charge in [-0.2, -0.15) is 91.0 Å². The van der Waals surface area contributed by atoms with Gasteiger partial charge < -0.3 is 29.4 Å². The van der Waals surface area contributed by atoms with Crippen molar-refractivity contribution < 1.29 is 60.3 Å². The summed E-state index contributed by atoms with van der Waals surface area (Å²) in [6.07, 6.45) is 1.92. The van der Waals surface area contributed by atoms with Crippen LogP contribution in [-0.2, 0) is 60.3 Å². The largest absolute Gasteiger partial charge is 0.477 e. The van der Waals surface area contributed by atoms with Gasteiger partial charge in [0, 0.05) is 105 Å². The van der Waals surface area contributed by atoms with E-state index in [1.807, 2.05) is 134 Å². The molecule has 11 aromatic carbocycles. The number of anilines is 12. The third kappa shape index (κ3) is 15.5. The molecule has 15 heteroatoms. The molecule has 0 fully saturated rings. The molecule has 3 aliphatic rings. The first kappa shape index (κ1) is 77.0. The first-order valence-corrected chi connectivity index (χ1v) is 35.7. The van der Waals surface area contributed by atoms with Gasteiger partial charge in [0.1, 0.15) is 34.9 Å². The average molecular weight is 1940 g/mol. The monoisotopic (exact) mass is 1940 g/mol. The van der Waals surface area contributed by atoms with E-state index >= 15 is 0 Å². The summed E-state index contributed by atoms with van der Waals surface area (Å²) in [6.45, 7) is 28.0. The van der Waals surface area contributed by atoms with Gasteiger partial charge in [0.15, 0.2) is 0 Å². The van der Waals surface area contributed by atoms with Crippen LogP contribution in [0.15, 0.2) is 273 Å². The van der Waals surface area contributed by atoms with Crippen molar-refractivity contribution in [3.05, 3.63) is 356 Å². The van der Waals surface area contributed by atoms with Crippen LogP contribution in [0.2, 0.25) is 0 Å². The van der Waals surface area contributed by atoms with Crippen molar-refractivity contribution in [2.75, 3.05) is 29.4 Å². The molecule has 0 unspecified atom stereocenters. The molecule has 0 aliphatic carbocycles. The van der Waals surface area contributed by atoms with Gasteiger partial charge in [-0.15, -0.1) is 37.1 Å². The summed E-state index contributed by atoms with van der Waals surface area (Å²) >= 11 is 0. The van der Waals surface area contributed by atoms with Crippen molar-refractivity contribution in [1.29, 1.82) is 0 Å². The van der Waals surface area contributed by atoms with Gasteiger partial charge in [-0.25, -0.2) is 29.9 Å². The first-order chi connectivity index (χ1) is 51.3. The molecule has 108 heavy (non-hydrogen) atoms. The molecule has 3 aliphatic heterocycles. The Morgan fingerprint density at radius 2 is 0.574 bits per heavy atom. The fraction of sp³-hybridized carbons (Fsp3) is 0.129. The molecule has 0 amide bonds. The van der Waals surface area contributed by atoms with Crippen molar-refractivity contribution in [3.63, 3.8) is 0 Å². The molecule has 0 spiro atoms. The van der Waals surface area contributed by atoms with Gasteiger partial charge in [-0.05, 0) is 134 Å². The van der Waals surface area contributed by atoms with Gasteiger partial charge in [-0.1, -0.05) is 185 Å². The molecule has 545 valence electrons. The van der Waals surface area contributed by atoms with Crippen LogP contribution in [0.25, 0.3) is 56.3 Å². The normalized spacial score (nSPS) is 12.4. The van der Waals surface area contributed by atoms with Crippen molar-refractivity contribution in [1.82, 2.24) is 29.9 Å². The summed E-state index contributed by atoms with van der Waals surface area (Å²) < 4.78 is 0. The van der Waals surface area contributed by atoms with E-state index in [-0.39, 0.29) is 60.3 Å². The molecule has 12 nitrogen and oxygen atoms in total. The van der Waals surface area contributed by atoms with E-state index in [4.69, 9.17) is 29.9 Å². The number of aromatic nitrogens is 6. The fourth-order valence-electron chi connectivity index (χ4n) is 14.1. The maximum absolute atomic E-state index is 5.41. The molecule has 6 heterocycles. The number of benzene rings is 11. The number of hydrogen-bond donors (Lipinski definition) is 0. The van der Waals surface area contributed by atoms with Crippen LogP contribution >= 0.6 is 0 Å². The summed E-state index contributed by atoms with van der Waals surface area (Å²) in [5.41, 5.74) is 25.6. The Morgan fingerprint density at radius 3 is 0.917 bits per heavy atom. The van der Waals surface area contributed by atoms with Gasteiger partial charge >= 0.3 is 0 Å². The van der Waals surface area contributed by atoms with Crippen molar-refractivity contribution in [3.8, 4) is 56.3 Å². The smallest absolute Gasteiger partial charge is 0.146 e. The van der Waals surface area contributed by atoms with E-state index in [0.717, 1.165) is 131 Å². The van der Waals surface area contributed by atoms with Crippen LogP contribution in [0, 0.1) is 79.7 Å². The minimum Gasteiger partial charge on any atom is -0.477 e. The van der Waals surface area contributed by atoms with Gasteiger partial charge in [-0.3, -0.25) is 0 Å². The first-order valence-electron chi connectivity index (χ1n) is 35.7. The molecule has 0 bridgehead atoms. The third-order valence-corrected chi connectivity index (χ3v) is 19.3. The Balaban J connectivity index is 0.000000149. The zero-order valence-corrected chi connectivity index (χ0v) is 68.9. The topological polar surface area (TPSA) is 96.8 Å². The van der Waals surface area contributed by atoms with Gasteiger partial charge in [0.25, 0.3) is 0 Å². The average Bonchev–Trinajstić information content (AvgIpc) is 1.57. The van der Waals surface area contributed by atoms with E-state index in [1.165, 1.54) is 38.9 Å². The Labute approximate surface area is 676 Å². The Morgan fingerprint density at radius 1 is 0.278 bits per heavy atom.